The number of hydrogen-bond donors (Lipinski definition) is 1. The van der Waals surface area contributed by atoms with E-state index in [2.05, 4.69) is 0 Å². The summed E-state index contributed by atoms with van der Waals surface area (Å²) in [5.41, 5.74) is 7.03. The summed E-state index contributed by atoms with van der Waals surface area (Å²) in [5, 5.41) is 0. The third-order valence-electron chi connectivity index (χ3n) is 3.10. The van der Waals surface area contributed by atoms with Gasteiger partial charge in [0.05, 0.1) is 12.6 Å². The zero-order valence-electron chi connectivity index (χ0n) is 12.2. The van der Waals surface area contributed by atoms with Gasteiger partial charge in [-0.1, -0.05) is 31.5 Å². The Morgan fingerprint density at radius 2 is 1.89 bits per heavy atom. The van der Waals surface area contributed by atoms with E-state index in [0.29, 0.717) is 13.2 Å². The Hall–Kier alpha value is -1.55. The van der Waals surface area contributed by atoms with Crippen molar-refractivity contribution in [3.05, 3.63) is 29.8 Å². The van der Waals surface area contributed by atoms with Crippen molar-refractivity contribution >= 4 is 5.91 Å². The molecule has 1 aromatic rings. The molecule has 19 heavy (non-hydrogen) atoms. The van der Waals surface area contributed by atoms with Crippen LogP contribution in [-0.2, 0) is 4.79 Å². The van der Waals surface area contributed by atoms with Crippen molar-refractivity contribution in [2.45, 2.75) is 26.8 Å². The topological polar surface area (TPSA) is 55.6 Å². The fourth-order valence-corrected chi connectivity index (χ4v) is 1.58. The molecule has 4 heteroatoms. The molecule has 0 heterocycles. The highest BCUT2D eigenvalue weighted by Gasteiger charge is 2.20. The Labute approximate surface area is 115 Å². The molecular formula is C15H24N2O2. The molecule has 0 radical (unpaired) electrons. The number of nitrogens with zero attached hydrogens (tertiary/aromatic N) is 1. The molecule has 0 saturated carbocycles. The molecule has 0 aromatic heterocycles. The van der Waals surface area contributed by atoms with Crippen molar-refractivity contribution in [1.82, 2.24) is 4.90 Å². The molecule has 0 aliphatic carbocycles. The van der Waals surface area contributed by atoms with Crippen molar-refractivity contribution in [3.8, 4) is 5.75 Å². The first-order chi connectivity index (χ1) is 8.91. The van der Waals surface area contributed by atoms with E-state index in [0.717, 1.165) is 5.75 Å². The number of benzene rings is 1. The van der Waals surface area contributed by atoms with Crippen LogP contribution < -0.4 is 10.5 Å². The van der Waals surface area contributed by atoms with E-state index >= 15 is 0 Å². The first kappa shape index (κ1) is 15.5. The fourth-order valence-electron chi connectivity index (χ4n) is 1.58. The smallest absolute Gasteiger partial charge is 0.239 e. The standard InChI is InChI=1S/C15H24N2O2/c1-11(2)14(16)15(18)17(4)9-10-19-13-7-5-12(3)6-8-13/h5-8,11,14H,9-10,16H2,1-4H3. The van der Waals surface area contributed by atoms with Crippen LogP contribution in [0.25, 0.3) is 0 Å². The van der Waals surface area contributed by atoms with Crippen LogP contribution in [0.1, 0.15) is 19.4 Å². The maximum Gasteiger partial charge on any atom is 0.239 e. The predicted molar refractivity (Wildman–Crippen MR) is 77.1 cm³/mol. The number of rotatable bonds is 6. The Balaban J connectivity index is 2.36. The monoisotopic (exact) mass is 264 g/mol. The predicted octanol–water partition coefficient (Wildman–Crippen LogP) is 1.82. The van der Waals surface area contributed by atoms with Gasteiger partial charge < -0.3 is 15.4 Å². The number of amides is 1. The van der Waals surface area contributed by atoms with Crippen LogP contribution in [0.5, 0.6) is 5.75 Å². The molecule has 0 aliphatic heterocycles. The third kappa shape index (κ3) is 4.91. The van der Waals surface area contributed by atoms with Gasteiger partial charge in [-0.15, -0.1) is 0 Å². The third-order valence-corrected chi connectivity index (χ3v) is 3.10. The van der Waals surface area contributed by atoms with Gasteiger partial charge in [0.15, 0.2) is 0 Å². The van der Waals surface area contributed by atoms with E-state index in [1.807, 2.05) is 45.0 Å². The van der Waals surface area contributed by atoms with E-state index in [9.17, 15) is 4.79 Å². The Bertz CT molecular complexity index is 401. The number of aryl methyl sites for hydroxylation is 1. The van der Waals surface area contributed by atoms with E-state index < -0.39 is 6.04 Å². The van der Waals surface area contributed by atoms with Crippen LogP contribution in [0.3, 0.4) is 0 Å². The second-order valence-electron chi connectivity index (χ2n) is 5.19. The van der Waals surface area contributed by atoms with Crippen LogP contribution in [0.15, 0.2) is 24.3 Å². The Kier molecular flexibility index (Phi) is 5.83. The molecule has 1 aromatic carbocycles. The zero-order valence-corrected chi connectivity index (χ0v) is 12.2. The summed E-state index contributed by atoms with van der Waals surface area (Å²) >= 11 is 0. The summed E-state index contributed by atoms with van der Waals surface area (Å²) in [7, 11) is 1.75. The summed E-state index contributed by atoms with van der Waals surface area (Å²) in [6.07, 6.45) is 0. The lowest BCUT2D eigenvalue weighted by Crippen LogP contribution is -2.46. The van der Waals surface area contributed by atoms with E-state index in [4.69, 9.17) is 10.5 Å². The lowest BCUT2D eigenvalue weighted by Gasteiger charge is -2.23. The maximum atomic E-state index is 11.9. The van der Waals surface area contributed by atoms with Gasteiger partial charge in [-0.25, -0.2) is 0 Å². The Morgan fingerprint density at radius 1 is 1.32 bits per heavy atom. The molecule has 0 fully saturated rings. The number of nitrogens with two attached hydrogens (primary N) is 1. The average molecular weight is 264 g/mol. The van der Waals surface area contributed by atoms with Gasteiger partial charge in [-0.05, 0) is 25.0 Å². The second-order valence-corrected chi connectivity index (χ2v) is 5.19. The molecule has 106 valence electrons. The van der Waals surface area contributed by atoms with Crippen LogP contribution in [0.4, 0.5) is 0 Å². The van der Waals surface area contributed by atoms with Crippen LogP contribution in [0.2, 0.25) is 0 Å². The van der Waals surface area contributed by atoms with E-state index in [-0.39, 0.29) is 11.8 Å². The van der Waals surface area contributed by atoms with E-state index in [1.165, 1.54) is 5.56 Å². The minimum Gasteiger partial charge on any atom is -0.492 e. The largest absolute Gasteiger partial charge is 0.492 e. The van der Waals surface area contributed by atoms with Crippen molar-refractivity contribution in [2.24, 2.45) is 11.7 Å². The highest BCUT2D eigenvalue weighted by atomic mass is 16.5. The number of likely N-dealkylation sites (N-methyl/N-ethyl adjacent to an activating group) is 1. The number of hydrogen-bond acceptors (Lipinski definition) is 3. The number of carbonyl (C=O) groups excluding carboxylic acids is 1. The van der Waals surface area contributed by atoms with Crippen LogP contribution in [0, 0.1) is 12.8 Å². The summed E-state index contributed by atoms with van der Waals surface area (Å²) in [4.78, 5) is 13.5. The van der Waals surface area contributed by atoms with Gasteiger partial charge in [0.2, 0.25) is 5.91 Å². The molecule has 0 saturated heterocycles. The zero-order chi connectivity index (χ0) is 14.4. The van der Waals surface area contributed by atoms with Gasteiger partial charge in [0.25, 0.3) is 0 Å². The molecule has 0 spiro atoms. The highest BCUT2D eigenvalue weighted by molar-refractivity contribution is 5.81. The Morgan fingerprint density at radius 3 is 2.42 bits per heavy atom. The van der Waals surface area contributed by atoms with Crippen molar-refractivity contribution in [1.29, 1.82) is 0 Å². The molecule has 0 bridgehead atoms. The SMILES string of the molecule is Cc1ccc(OCCN(C)C(=O)C(N)C(C)C)cc1. The molecule has 4 nitrogen and oxygen atoms in total. The van der Waals surface area contributed by atoms with Gasteiger partial charge in [0.1, 0.15) is 12.4 Å². The lowest BCUT2D eigenvalue weighted by atomic mass is 10.0. The summed E-state index contributed by atoms with van der Waals surface area (Å²) in [6.45, 7) is 6.92. The lowest BCUT2D eigenvalue weighted by molar-refractivity contribution is -0.132. The van der Waals surface area contributed by atoms with Gasteiger partial charge >= 0.3 is 0 Å². The summed E-state index contributed by atoms with van der Waals surface area (Å²) < 4.78 is 5.59. The first-order valence-corrected chi connectivity index (χ1v) is 6.62. The molecular weight excluding hydrogens is 240 g/mol. The summed E-state index contributed by atoms with van der Waals surface area (Å²) in [6, 6.07) is 7.41. The highest BCUT2D eigenvalue weighted by Crippen LogP contribution is 2.11. The minimum absolute atomic E-state index is 0.0393. The van der Waals surface area contributed by atoms with Gasteiger partial charge in [0, 0.05) is 7.05 Å². The van der Waals surface area contributed by atoms with Crippen LogP contribution >= 0.6 is 0 Å². The molecule has 1 amide bonds. The normalized spacial score (nSPS) is 12.3. The van der Waals surface area contributed by atoms with Gasteiger partial charge in [-0.2, -0.15) is 0 Å². The molecule has 1 atom stereocenters. The van der Waals surface area contributed by atoms with Crippen molar-refractivity contribution in [3.63, 3.8) is 0 Å². The second kappa shape index (κ2) is 7.14. The van der Waals surface area contributed by atoms with Crippen molar-refractivity contribution in [2.75, 3.05) is 20.2 Å². The van der Waals surface area contributed by atoms with Crippen LogP contribution in [-0.4, -0.2) is 37.0 Å². The molecule has 1 rings (SSSR count). The number of carbonyl (C=O) groups is 1. The quantitative estimate of drug-likeness (QED) is 0.852. The summed E-state index contributed by atoms with van der Waals surface area (Å²) in [5.74, 6) is 0.926. The molecule has 1 unspecified atom stereocenters. The first-order valence-electron chi connectivity index (χ1n) is 6.62. The molecule has 0 aliphatic rings. The maximum absolute atomic E-state index is 11.9. The van der Waals surface area contributed by atoms with E-state index in [1.54, 1.807) is 11.9 Å². The minimum atomic E-state index is -0.440. The number of ether oxygens (including phenoxy) is 1. The van der Waals surface area contributed by atoms with Crippen molar-refractivity contribution < 1.29 is 9.53 Å². The fraction of sp³-hybridized carbons (Fsp3) is 0.533. The molecule has 2 N–H and O–H groups in total. The average Bonchev–Trinajstić information content (AvgIpc) is 2.39. The van der Waals surface area contributed by atoms with Gasteiger partial charge in [-0.3, -0.25) is 4.79 Å².